The Morgan fingerprint density at radius 2 is 1.46 bits per heavy atom. The van der Waals surface area contributed by atoms with Gasteiger partial charge in [-0.3, -0.25) is 4.79 Å². The summed E-state index contributed by atoms with van der Waals surface area (Å²) in [7, 11) is 0. The number of nitrogens with zero attached hydrogens (tertiary/aromatic N) is 1. The van der Waals surface area contributed by atoms with Crippen molar-refractivity contribution in [2.24, 2.45) is 0 Å². The Hall–Kier alpha value is -1.97. The summed E-state index contributed by atoms with van der Waals surface area (Å²) < 4.78 is 15.5. The molecule has 0 unspecified atom stereocenters. The molecule has 1 aliphatic heterocycles. The van der Waals surface area contributed by atoms with Crippen LogP contribution in [-0.4, -0.2) is 21.7 Å². The molecule has 5 rings (SSSR count). The number of carbonyl (C=O) groups is 1. The van der Waals surface area contributed by atoms with Gasteiger partial charge < -0.3 is 9.47 Å². The van der Waals surface area contributed by atoms with Gasteiger partial charge in [-0.15, -0.1) is 0 Å². The highest BCUT2D eigenvalue weighted by Crippen LogP contribution is 2.57. The third kappa shape index (κ3) is 2.11. The molecule has 2 aliphatic carbocycles. The quantitative estimate of drug-likeness (QED) is 0.630. The molecular weight excluding hydrogens is 326 g/mol. The summed E-state index contributed by atoms with van der Waals surface area (Å²) in [6.07, 6.45) is 11.5. The Labute approximate surface area is 154 Å². The van der Waals surface area contributed by atoms with Crippen molar-refractivity contribution in [2.45, 2.75) is 82.3 Å². The van der Waals surface area contributed by atoms with E-state index in [1.54, 1.807) is 11.5 Å². The van der Waals surface area contributed by atoms with Crippen LogP contribution in [0, 0.1) is 0 Å². The molecule has 2 heterocycles. The molecule has 2 saturated carbocycles. The molecule has 1 aromatic carbocycles. The predicted octanol–water partition coefficient (Wildman–Crippen LogP) is 5.48. The van der Waals surface area contributed by atoms with E-state index in [1.807, 2.05) is 24.3 Å². The van der Waals surface area contributed by atoms with Crippen molar-refractivity contribution in [3.05, 3.63) is 24.3 Å². The molecule has 0 radical (unpaired) electrons. The van der Waals surface area contributed by atoms with E-state index in [4.69, 9.17) is 9.47 Å². The van der Waals surface area contributed by atoms with Gasteiger partial charge >= 0.3 is 0 Å². The lowest BCUT2D eigenvalue weighted by atomic mass is 9.65. The zero-order valence-electron chi connectivity index (χ0n) is 15.6. The van der Waals surface area contributed by atoms with Gasteiger partial charge in [-0.1, -0.05) is 25.0 Å². The van der Waals surface area contributed by atoms with E-state index in [0.29, 0.717) is 5.88 Å². The fraction of sp³-hybridized carbons (Fsp3) is 0.591. The molecular formula is C22H27NO3. The van der Waals surface area contributed by atoms with Crippen LogP contribution in [0.4, 0.5) is 0 Å². The SMILES string of the molecule is CC(=O)n1c2c(c3ccccc31)OC1(CCCCC1)C1(CCCCC1)O2. The van der Waals surface area contributed by atoms with E-state index in [2.05, 4.69) is 0 Å². The number of para-hydroxylation sites is 1. The zero-order valence-corrected chi connectivity index (χ0v) is 15.6. The molecule has 1 aromatic heterocycles. The first-order valence-corrected chi connectivity index (χ1v) is 10.2. The maximum Gasteiger partial charge on any atom is 0.246 e. The monoisotopic (exact) mass is 353 g/mol. The van der Waals surface area contributed by atoms with E-state index in [9.17, 15) is 4.79 Å². The number of hydrogen-bond acceptors (Lipinski definition) is 3. The van der Waals surface area contributed by atoms with Gasteiger partial charge in [0.25, 0.3) is 0 Å². The lowest BCUT2D eigenvalue weighted by molar-refractivity contribution is -0.174. The van der Waals surface area contributed by atoms with Crippen molar-refractivity contribution in [1.29, 1.82) is 0 Å². The summed E-state index contributed by atoms with van der Waals surface area (Å²) in [5, 5.41) is 0.994. The largest absolute Gasteiger partial charge is 0.477 e. The van der Waals surface area contributed by atoms with Crippen LogP contribution in [0.2, 0.25) is 0 Å². The van der Waals surface area contributed by atoms with Gasteiger partial charge in [0.1, 0.15) is 5.60 Å². The number of carbonyl (C=O) groups excluding carboxylic acids is 1. The molecule has 0 atom stereocenters. The van der Waals surface area contributed by atoms with E-state index >= 15 is 0 Å². The van der Waals surface area contributed by atoms with Crippen LogP contribution in [0.1, 0.15) is 75.9 Å². The van der Waals surface area contributed by atoms with Crippen molar-refractivity contribution in [3.63, 3.8) is 0 Å². The lowest BCUT2D eigenvalue weighted by Gasteiger charge is -2.55. The zero-order chi connectivity index (χ0) is 17.8. The standard InChI is InChI=1S/C22H27NO3/c1-16(24)23-18-11-5-4-10-17(18)19-20(23)26-22(14-8-3-9-15-22)21(25-19)12-6-2-7-13-21/h4-5,10-11H,2-3,6-9,12-15H2,1H3. The number of fused-ring (bicyclic) bond motifs is 4. The van der Waals surface area contributed by atoms with Crippen LogP contribution < -0.4 is 9.47 Å². The third-order valence-electron chi connectivity index (χ3n) is 6.84. The summed E-state index contributed by atoms with van der Waals surface area (Å²) >= 11 is 0. The fourth-order valence-electron chi connectivity index (χ4n) is 5.62. The van der Waals surface area contributed by atoms with Gasteiger partial charge in [0.2, 0.25) is 11.8 Å². The van der Waals surface area contributed by atoms with Crippen molar-refractivity contribution in [1.82, 2.24) is 4.57 Å². The molecule has 138 valence electrons. The molecule has 0 N–H and O–H groups in total. The van der Waals surface area contributed by atoms with Gasteiger partial charge in [-0.25, -0.2) is 4.57 Å². The number of hydrogen-bond donors (Lipinski definition) is 0. The number of ether oxygens (including phenoxy) is 2. The summed E-state index contributed by atoms with van der Waals surface area (Å²) in [5.41, 5.74) is 0.383. The summed E-state index contributed by atoms with van der Waals surface area (Å²) in [6.45, 7) is 1.61. The van der Waals surface area contributed by atoms with Crippen molar-refractivity contribution in [3.8, 4) is 11.6 Å². The Kier molecular flexibility index (Phi) is 3.60. The second-order valence-corrected chi connectivity index (χ2v) is 8.32. The van der Waals surface area contributed by atoms with Crippen LogP contribution in [0.15, 0.2) is 24.3 Å². The minimum atomic E-state index is -0.278. The van der Waals surface area contributed by atoms with Crippen LogP contribution in [-0.2, 0) is 0 Å². The first-order chi connectivity index (χ1) is 12.7. The number of aromatic nitrogens is 1. The smallest absolute Gasteiger partial charge is 0.246 e. The highest BCUT2D eigenvalue weighted by atomic mass is 16.6. The molecule has 2 aromatic rings. The minimum Gasteiger partial charge on any atom is -0.477 e. The van der Waals surface area contributed by atoms with Gasteiger partial charge in [-0.2, -0.15) is 0 Å². The Balaban J connectivity index is 1.74. The van der Waals surface area contributed by atoms with E-state index < -0.39 is 0 Å². The van der Waals surface area contributed by atoms with Crippen molar-refractivity contribution in [2.75, 3.05) is 0 Å². The predicted molar refractivity (Wildman–Crippen MR) is 101 cm³/mol. The molecule has 0 saturated heterocycles. The average Bonchev–Trinajstić information content (AvgIpc) is 2.97. The number of benzene rings is 1. The second-order valence-electron chi connectivity index (χ2n) is 8.32. The Morgan fingerprint density at radius 1 is 0.885 bits per heavy atom. The first-order valence-electron chi connectivity index (χ1n) is 10.2. The summed E-state index contributed by atoms with van der Waals surface area (Å²) in [6, 6.07) is 8.02. The Morgan fingerprint density at radius 3 is 2.08 bits per heavy atom. The molecule has 2 spiro atoms. The van der Waals surface area contributed by atoms with E-state index in [0.717, 1.165) is 42.3 Å². The highest BCUT2D eigenvalue weighted by molar-refractivity contribution is 5.99. The summed E-state index contributed by atoms with van der Waals surface area (Å²) in [5.74, 6) is 1.40. The minimum absolute atomic E-state index is 0.0170. The molecule has 4 nitrogen and oxygen atoms in total. The Bertz CT molecular complexity index is 854. The van der Waals surface area contributed by atoms with Crippen LogP contribution in [0.5, 0.6) is 11.6 Å². The second kappa shape index (κ2) is 5.77. The maximum atomic E-state index is 12.5. The first kappa shape index (κ1) is 16.2. The average molecular weight is 353 g/mol. The van der Waals surface area contributed by atoms with Gasteiger partial charge in [0, 0.05) is 12.3 Å². The highest BCUT2D eigenvalue weighted by Gasteiger charge is 2.59. The maximum absolute atomic E-state index is 12.5. The van der Waals surface area contributed by atoms with Gasteiger partial charge in [0.05, 0.1) is 5.52 Å². The van der Waals surface area contributed by atoms with Gasteiger partial charge in [0.15, 0.2) is 11.4 Å². The fourth-order valence-corrected chi connectivity index (χ4v) is 5.62. The van der Waals surface area contributed by atoms with Crippen LogP contribution in [0.3, 0.4) is 0 Å². The normalized spacial score (nSPS) is 23.4. The van der Waals surface area contributed by atoms with E-state index in [-0.39, 0.29) is 17.1 Å². The lowest BCUT2D eigenvalue weighted by Crippen LogP contribution is -2.64. The third-order valence-corrected chi connectivity index (χ3v) is 6.84. The number of rotatable bonds is 0. The molecule has 0 amide bonds. The molecule has 26 heavy (non-hydrogen) atoms. The molecule has 0 bridgehead atoms. The van der Waals surface area contributed by atoms with Crippen molar-refractivity contribution < 1.29 is 14.3 Å². The van der Waals surface area contributed by atoms with Crippen molar-refractivity contribution >= 4 is 16.8 Å². The van der Waals surface area contributed by atoms with E-state index in [1.165, 1.54) is 38.5 Å². The summed E-state index contributed by atoms with van der Waals surface area (Å²) in [4.78, 5) is 12.5. The van der Waals surface area contributed by atoms with Gasteiger partial charge in [-0.05, 0) is 63.5 Å². The molecule has 2 fully saturated rings. The van der Waals surface area contributed by atoms with Crippen LogP contribution >= 0.6 is 0 Å². The molecule has 3 aliphatic rings. The molecule has 4 heteroatoms. The topological polar surface area (TPSA) is 40.5 Å². The van der Waals surface area contributed by atoms with Crippen LogP contribution in [0.25, 0.3) is 10.9 Å².